The topological polar surface area (TPSA) is 66.5 Å². The molecular weight excluding hydrogens is 466 g/mol. The lowest BCUT2D eigenvalue weighted by atomic mass is 9.99. The number of hydrogen-bond donors (Lipinski definition) is 0. The van der Waals surface area contributed by atoms with Gasteiger partial charge in [-0.3, -0.25) is 0 Å². The van der Waals surface area contributed by atoms with E-state index in [1.807, 2.05) is 12.1 Å². The summed E-state index contributed by atoms with van der Waals surface area (Å²) < 4.78 is 28.3. The second-order valence-electron chi connectivity index (χ2n) is 11.7. The largest absolute Gasteiger partial charge is 0.465 e. The van der Waals surface area contributed by atoms with Crippen LogP contribution in [0.5, 0.6) is 11.5 Å². The summed E-state index contributed by atoms with van der Waals surface area (Å²) in [6.45, 7) is 22.6. The maximum absolute atomic E-state index is 12.4. The highest BCUT2D eigenvalue weighted by molar-refractivity contribution is 6.78. The van der Waals surface area contributed by atoms with E-state index in [2.05, 4.69) is 57.7 Å². The summed E-state index contributed by atoms with van der Waals surface area (Å²) in [6.07, 6.45) is 1.82. The Labute approximate surface area is 206 Å². The van der Waals surface area contributed by atoms with Crippen molar-refractivity contribution in [2.24, 2.45) is 0 Å². The Bertz CT molecular complexity index is 915. The lowest BCUT2D eigenvalue weighted by Gasteiger charge is -2.44. The number of benzene rings is 1. The van der Waals surface area contributed by atoms with Gasteiger partial charge in [0, 0.05) is 18.6 Å². The molecule has 0 radical (unpaired) electrons. The van der Waals surface area contributed by atoms with E-state index in [-0.39, 0.29) is 6.79 Å². The van der Waals surface area contributed by atoms with E-state index >= 15 is 0 Å². The molecule has 0 aliphatic carbocycles. The van der Waals surface area contributed by atoms with Crippen LogP contribution in [-0.2, 0) is 25.5 Å². The summed E-state index contributed by atoms with van der Waals surface area (Å²) in [7, 11) is -1.81. The molecule has 9 heteroatoms. The molecule has 0 saturated carbocycles. The quantitative estimate of drug-likeness (QED) is 0.259. The molecule has 0 aromatic heterocycles. The SMILES string of the molecule is C=C(C(=O)OC)c1cc2c(cc1CN(C[Si](C)(C)C)C(CC1(C)OCCO1)[Si](C)(C)C)OCO2. The minimum absolute atomic E-state index is 0.173. The number of nitrogens with zero attached hydrogens (tertiary/aromatic N) is 1. The zero-order valence-electron chi connectivity index (χ0n) is 22.1. The highest BCUT2D eigenvalue weighted by atomic mass is 28.3. The summed E-state index contributed by atoms with van der Waals surface area (Å²) >= 11 is 0. The molecule has 0 amide bonds. The van der Waals surface area contributed by atoms with Crippen LogP contribution in [0.15, 0.2) is 18.7 Å². The number of ether oxygens (including phenoxy) is 5. The summed E-state index contributed by atoms with van der Waals surface area (Å²) in [5.41, 5.74) is 2.36. The van der Waals surface area contributed by atoms with E-state index in [0.717, 1.165) is 23.7 Å². The maximum Gasteiger partial charge on any atom is 0.337 e. The van der Waals surface area contributed by atoms with Gasteiger partial charge in [0.15, 0.2) is 17.3 Å². The number of hydrogen-bond acceptors (Lipinski definition) is 7. The van der Waals surface area contributed by atoms with E-state index in [9.17, 15) is 4.79 Å². The third-order valence-electron chi connectivity index (χ3n) is 6.31. The zero-order chi connectivity index (χ0) is 25.3. The van der Waals surface area contributed by atoms with Crippen molar-refractivity contribution in [3.8, 4) is 11.5 Å². The highest BCUT2D eigenvalue weighted by Gasteiger charge is 2.42. The second-order valence-corrected chi connectivity index (χ2v) is 22.6. The van der Waals surface area contributed by atoms with E-state index in [4.69, 9.17) is 23.7 Å². The predicted octanol–water partition coefficient (Wildman–Crippen LogP) is 4.68. The molecule has 0 bridgehead atoms. The van der Waals surface area contributed by atoms with Crippen LogP contribution in [0.1, 0.15) is 24.5 Å². The van der Waals surface area contributed by atoms with Crippen molar-refractivity contribution in [3.05, 3.63) is 29.8 Å². The minimum atomic E-state index is -1.69. The normalized spacial score (nSPS) is 18.3. The molecule has 2 heterocycles. The fourth-order valence-corrected chi connectivity index (χ4v) is 8.74. The van der Waals surface area contributed by atoms with Crippen LogP contribution in [-0.4, -0.2) is 71.8 Å². The first-order valence-electron chi connectivity index (χ1n) is 11.9. The monoisotopic (exact) mass is 507 g/mol. The summed E-state index contributed by atoms with van der Waals surface area (Å²) in [5, 5.41) is 0. The molecule has 190 valence electrons. The highest BCUT2D eigenvalue weighted by Crippen LogP contribution is 2.39. The van der Waals surface area contributed by atoms with Crippen molar-refractivity contribution in [3.63, 3.8) is 0 Å². The Morgan fingerprint density at radius 1 is 1.12 bits per heavy atom. The van der Waals surface area contributed by atoms with Gasteiger partial charge < -0.3 is 28.6 Å². The van der Waals surface area contributed by atoms with Gasteiger partial charge in [0.2, 0.25) is 6.79 Å². The van der Waals surface area contributed by atoms with Crippen molar-refractivity contribution < 1.29 is 28.5 Å². The third-order valence-corrected chi connectivity index (χ3v) is 10.2. The molecule has 2 aliphatic rings. The van der Waals surface area contributed by atoms with Gasteiger partial charge in [0.05, 0.1) is 42.0 Å². The number of rotatable bonds is 10. The van der Waals surface area contributed by atoms with Gasteiger partial charge in [-0.1, -0.05) is 45.9 Å². The molecule has 0 spiro atoms. The number of fused-ring (bicyclic) bond motifs is 1. The molecule has 1 aromatic rings. The van der Waals surface area contributed by atoms with Crippen molar-refractivity contribution in [1.82, 2.24) is 4.90 Å². The minimum Gasteiger partial charge on any atom is -0.465 e. The molecule has 1 aromatic carbocycles. The molecule has 0 N–H and O–H groups in total. The van der Waals surface area contributed by atoms with Crippen molar-refractivity contribution in [2.75, 3.05) is 33.3 Å². The molecular formula is C25H41NO6Si2. The zero-order valence-corrected chi connectivity index (χ0v) is 24.1. The predicted molar refractivity (Wildman–Crippen MR) is 139 cm³/mol. The summed E-state index contributed by atoms with van der Waals surface area (Å²) in [4.78, 5) is 15.0. The van der Waals surface area contributed by atoms with Gasteiger partial charge in [-0.15, -0.1) is 0 Å². The first-order chi connectivity index (χ1) is 15.7. The van der Waals surface area contributed by atoms with E-state index < -0.39 is 27.9 Å². The smallest absolute Gasteiger partial charge is 0.337 e. The van der Waals surface area contributed by atoms with E-state index in [1.165, 1.54) is 7.11 Å². The van der Waals surface area contributed by atoms with Gasteiger partial charge in [-0.2, -0.15) is 0 Å². The molecule has 2 aliphatic heterocycles. The van der Waals surface area contributed by atoms with Crippen molar-refractivity contribution in [2.45, 2.75) is 70.6 Å². The Hall–Kier alpha value is -1.66. The Morgan fingerprint density at radius 3 is 2.24 bits per heavy atom. The van der Waals surface area contributed by atoms with Crippen LogP contribution < -0.4 is 9.47 Å². The molecule has 1 atom stereocenters. The number of carbonyl (C=O) groups excluding carboxylic acids is 1. The molecule has 7 nitrogen and oxygen atoms in total. The molecule has 1 unspecified atom stereocenters. The standard InChI is InChI=1S/C25H41NO6Si2/c1-18(24(27)28-3)20-13-22-21(29-17-30-22)12-19(20)15-26(16-33(4,5)6)23(34(7,8)9)14-25(2)31-10-11-32-25/h12-13,23H,1,10-11,14-17H2,2-9H3. The fourth-order valence-electron chi connectivity index (χ4n) is 4.74. The van der Waals surface area contributed by atoms with Gasteiger partial charge in [-0.05, 0) is 36.4 Å². The molecule has 34 heavy (non-hydrogen) atoms. The first kappa shape index (κ1) is 26.9. The van der Waals surface area contributed by atoms with Gasteiger partial charge in [0.25, 0.3) is 0 Å². The van der Waals surface area contributed by atoms with Crippen LogP contribution >= 0.6 is 0 Å². The summed E-state index contributed by atoms with van der Waals surface area (Å²) in [6, 6.07) is 3.85. The Kier molecular flexibility index (Phi) is 8.04. The average Bonchev–Trinajstić information content (AvgIpc) is 3.36. The molecule has 1 fully saturated rings. The van der Waals surface area contributed by atoms with Gasteiger partial charge >= 0.3 is 5.97 Å². The Morgan fingerprint density at radius 2 is 1.71 bits per heavy atom. The Balaban J connectivity index is 2.04. The van der Waals surface area contributed by atoms with Crippen LogP contribution in [0, 0.1) is 0 Å². The number of methoxy groups -OCH3 is 1. The lowest BCUT2D eigenvalue weighted by molar-refractivity contribution is -0.152. The van der Waals surface area contributed by atoms with Gasteiger partial charge in [0.1, 0.15) is 0 Å². The lowest BCUT2D eigenvalue weighted by Crippen LogP contribution is -2.57. The van der Waals surface area contributed by atoms with Gasteiger partial charge in [-0.25, -0.2) is 4.79 Å². The molecule has 3 rings (SSSR count). The first-order valence-corrected chi connectivity index (χ1v) is 19.2. The van der Waals surface area contributed by atoms with E-state index in [0.29, 0.717) is 42.5 Å². The van der Waals surface area contributed by atoms with Crippen LogP contribution in [0.3, 0.4) is 0 Å². The average molecular weight is 508 g/mol. The maximum atomic E-state index is 12.4. The summed E-state index contributed by atoms with van der Waals surface area (Å²) in [5.74, 6) is 0.306. The van der Waals surface area contributed by atoms with Crippen molar-refractivity contribution in [1.29, 1.82) is 0 Å². The fraction of sp³-hybridized carbons (Fsp3) is 0.640. The number of carbonyl (C=O) groups is 1. The van der Waals surface area contributed by atoms with Crippen molar-refractivity contribution >= 4 is 27.7 Å². The van der Waals surface area contributed by atoms with E-state index in [1.54, 1.807) is 0 Å². The third kappa shape index (κ3) is 6.51. The van der Waals surface area contributed by atoms with Crippen LogP contribution in [0.4, 0.5) is 0 Å². The number of esters is 1. The second kappa shape index (κ2) is 10.1. The molecule has 1 saturated heterocycles. The van der Waals surface area contributed by atoms with Crippen LogP contribution in [0.25, 0.3) is 5.57 Å². The van der Waals surface area contributed by atoms with Crippen LogP contribution in [0.2, 0.25) is 39.3 Å².